The molecule has 26 heavy (non-hydrogen) atoms. The van der Waals surface area contributed by atoms with Crippen LogP contribution in [0.2, 0.25) is 0 Å². The van der Waals surface area contributed by atoms with Crippen molar-refractivity contribution in [2.45, 2.75) is 38.9 Å². The zero-order valence-corrected chi connectivity index (χ0v) is 15.6. The van der Waals surface area contributed by atoms with Crippen LogP contribution in [0.4, 0.5) is 4.39 Å². The van der Waals surface area contributed by atoms with E-state index in [1.165, 1.54) is 16.8 Å². The summed E-state index contributed by atoms with van der Waals surface area (Å²) in [5, 5.41) is 1.06. The lowest BCUT2D eigenvalue weighted by Gasteiger charge is -2.31. The minimum Gasteiger partial charge on any atom is -0.497 e. The van der Waals surface area contributed by atoms with Gasteiger partial charge >= 0.3 is 0 Å². The van der Waals surface area contributed by atoms with Crippen LogP contribution >= 0.6 is 0 Å². The molecule has 1 atom stereocenters. The molecule has 0 fully saturated rings. The number of likely N-dealkylation sites (N-methyl/N-ethyl adjacent to an activating group) is 1. The van der Waals surface area contributed by atoms with Gasteiger partial charge in [-0.05, 0) is 61.9 Å². The first-order valence-electron chi connectivity index (χ1n) is 9.19. The molecule has 0 saturated carbocycles. The maximum atomic E-state index is 13.9. The molecule has 0 radical (unpaired) electrons. The molecular weight excluding hydrogens is 327 g/mol. The molecule has 1 aliphatic rings. The number of halogens is 1. The van der Waals surface area contributed by atoms with Crippen molar-refractivity contribution in [1.82, 2.24) is 9.47 Å². The molecular formula is C22H25FN2O. The highest BCUT2D eigenvalue weighted by molar-refractivity contribution is 5.86. The van der Waals surface area contributed by atoms with Gasteiger partial charge in [0.05, 0.1) is 7.11 Å². The van der Waals surface area contributed by atoms with Crippen LogP contribution < -0.4 is 4.74 Å². The number of nitrogens with zero attached hydrogens (tertiary/aromatic N) is 2. The molecule has 2 aromatic carbocycles. The van der Waals surface area contributed by atoms with Crippen LogP contribution in [0.25, 0.3) is 10.9 Å². The molecule has 0 bridgehead atoms. The number of ether oxygens (including phenoxy) is 1. The fourth-order valence-electron chi connectivity index (χ4n) is 3.99. The molecule has 4 heteroatoms. The van der Waals surface area contributed by atoms with Crippen molar-refractivity contribution in [2.24, 2.45) is 0 Å². The van der Waals surface area contributed by atoms with Gasteiger partial charge < -0.3 is 9.30 Å². The highest BCUT2D eigenvalue weighted by Crippen LogP contribution is 2.33. The van der Waals surface area contributed by atoms with Crippen molar-refractivity contribution in [3.8, 4) is 5.75 Å². The summed E-state index contributed by atoms with van der Waals surface area (Å²) in [7, 11) is 3.83. The molecule has 0 spiro atoms. The van der Waals surface area contributed by atoms with Crippen LogP contribution in [0.3, 0.4) is 0 Å². The Bertz CT molecular complexity index is 929. The second-order valence-electron chi connectivity index (χ2n) is 7.30. The van der Waals surface area contributed by atoms with Gasteiger partial charge in [0.15, 0.2) is 0 Å². The minimum absolute atomic E-state index is 0.158. The Morgan fingerprint density at radius 3 is 2.65 bits per heavy atom. The van der Waals surface area contributed by atoms with Crippen molar-refractivity contribution >= 4 is 10.9 Å². The summed E-state index contributed by atoms with van der Waals surface area (Å²) in [6.45, 7) is 4.04. The minimum atomic E-state index is -0.158. The molecule has 1 unspecified atom stereocenters. The zero-order chi connectivity index (χ0) is 18.3. The quantitative estimate of drug-likeness (QED) is 0.692. The predicted octanol–water partition coefficient (Wildman–Crippen LogP) is 4.41. The third-order valence-corrected chi connectivity index (χ3v) is 5.68. The molecule has 3 aromatic rings. The van der Waals surface area contributed by atoms with Gasteiger partial charge in [-0.25, -0.2) is 4.39 Å². The first-order chi connectivity index (χ1) is 12.6. The van der Waals surface area contributed by atoms with E-state index >= 15 is 0 Å². The molecule has 136 valence electrons. The van der Waals surface area contributed by atoms with Crippen LogP contribution in [-0.4, -0.2) is 29.7 Å². The summed E-state index contributed by atoms with van der Waals surface area (Å²) < 4.78 is 21.5. The number of aryl methyl sites for hydroxylation is 2. The van der Waals surface area contributed by atoms with Crippen LogP contribution in [0.15, 0.2) is 42.5 Å². The molecule has 0 aliphatic carbocycles. The zero-order valence-electron chi connectivity index (χ0n) is 15.6. The van der Waals surface area contributed by atoms with Crippen molar-refractivity contribution in [3.05, 3.63) is 65.1 Å². The van der Waals surface area contributed by atoms with Crippen molar-refractivity contribution in [3.63, 3.8) is 0 Å². The molecule has 0 saturated heterocycles. The summed E-state index contributed by atoms with van der Waals surface area (Å²) in [6.07, 6.45) is 1.95. The van der Waals surface area contributed by atoms with E-state index in [0.717, 1.165) is 42.6 Å². The lowest BCUT2D eigenvalue weighted by Crippen LogP contribution is -2.35. The molecule has 2 heterocycles. The molecule has 3 nitrogen and oxygen atoms in total. The Kier molecular flexibility index (Phi) is 4.45. The first kappa shape index (κ1) is 17.1. The van der Waals surface area contributed by atoms with E-state index in [-0.39, 0.29) is 5.82 Å². The third-order valence-electron chi connectivity index (χ3n) is 5.68. The van der Waals surface area contributed by atoms with Crippen LogP contribution in [0.5, 0.6) is 5.75 Å². The maximum absolute atomic E-state index is 13.9. The summed E-state index contributed by atoms with van der Waals surface area (Å²) in [4.78, 5) is 2.35. The van der Waals surface area contributed by atoms with Gasteiger partial charge in [0.25, 0.3) is 0 Å². The highest BCUT2D eigenvalue weighted by Gasteiger charge is 2.26. The van der Waals surface area contributed by atoms with E-state index in [4.69, 9.17) is 4.74 Å². The van der Waals surface area contributed by atoms with Gasteiger partial charge in [-0.1, -0.05) is 12.1 Å². The van der Waals surface area contributed by atoms with Crippen LogP contribution in [-0.2, 0) is 25.9 Å². The summed E-state index contributed by atoms with van der Waals surface area (Å²) >= 11 is 0. The second-order valence-corrected chi connectivity index (χ2v) is 7.30. The number of rotatable bonds is 4. The van der Waals surface area contributed by atoms with E-state index in [1.54, 1.807) is 19.2 Å². The standard InChI is InChI=1S/C22H25FN2O/c1-15-12-22-20(14-24(15)2)19-13-17(23)6-9-21(19)25(22)11-10-16-4-7-18(26-3)8-5-16/h4-9,13,15H,10-12,14H2,1-3H3. The van der Waals surface area contributed by atoms with E-state index in [0.29, 0.717) is 6.04 Å². The van der Waals surface area contributed by atoms with Gasteiger partial charge in [0, 0.05) is 42.1 Å². The Morgan fingerprint density at radius 1 is 1.15 bits per heavy atom. The van der Waals surface area contributed by atoms with E-state index in [9.17, 15) is 4.39 Å². The van der Waals surface area contributed by atoms with Crippen LogP contribution in [0.1, 0.15) is 23.7 Å². The number of benzene rings is 2. The Hall–Kier alpha value is -2.33. The van der Waals surface area contributed by atoms with Gasteiger partial charge in [-0.3, -0.25) is 4.90 Å². The highest BCUT2D eigenvalue weighted by atomic mass is 19.1. The maximum Gasteiger partial charge on any atom is 0.123 e. The van der Waals surface area contributed by atoms with E-state index < -0.39 is 0 Å². The Balaban J connectivity index is 1.70. The first-order valence-corrected chi connectivity index (χ1v) is 9.19. The molecule has 1 aliphatic heterocycles. The number of hydrogen-bond acceptors (Lipinski definition) is 2. The number of fused-ring (bicyclic) bond motifs is 3. The fourth-order valence-corrected chi connectivity index (χ4v) is 3.99. The largest absolute Gasteiger partial charge is 0.497 e. The SMILES string of the molecule is COc1ccc(CCn2c3c(c4cc(F)ccc42)CN(C)C(C)C3)cc1. The average molecular weight is 352 g/mol. The molecule has 0 amide bonds. The molecule has 4 rings (SSSR count). The van der Waals surface area contributed by atoms with Gasteiger partial charge in [-0.15, -0.1) is 0 Å². The summed E-state index contributed by atoms with van der Waals surface area (Å²) in [5.74, 6) is 0.721. The number of hydrogen-bond donors (Lipinski definition) is 0. The van der Waals surface area contributed by atoms with Gasteiger partial charge in [0.2, 0.25) is 0 Å². The Labute approximate surface area is 154 Å². The normalized spacial score (nSPS) is 17.5. The smallest absolute Gasteiger partial charge is 0.123 e. The van der Waals surface area contributed by atoms with Gasteiger partial charge in [0.1, 0.15) is 11.6 Å². The van der Waals surface area contributed by atoms with Crippen LogP contribution in [0, 0.1) is 5.82 Å². The van der Waals surface area contributed by atoms with E-state index in [1.807, 2.05) is 18.2 Å². The monoisotopic (exact) mass is 352 g/mol. The summed E-state index contributed by atoms with van der Waals surface area (Å²) in [5.41, 5.74) is 5.08. The van der Waals surface area contributed by atoms with Crippen molar-refractivity contribution in [1.29, 1.82) is 0 Å². The Morgan fingerprint density at radius 2 is 1.92 bits per heavy atom. The van der Waals surface area contributed by atoms with Gasteiger partial charge in [-0.2, -0.15) is 0 Å². The third kappa shape index (κ3) is 2.99. The lowest BCUT2D eigenvalue weighted by molar-refractivity contribution is 0.228. The van der Waals surface area contributed by atoms with Crippen molar-refractivity contribution in [2.75, 3.05) is 14.2 Å². The summed E-state index contributed by atoms with van der Waals surface area (Å²) in [6, 6.07) is 13.9. The van der Waals surface area contributed by atoms with E-state index in [2.05, 4.69) is 35.6 Å². The van der Waals surface area contributed by atoms with Crippen molar-refractivity contribution < 1.29 is 9.13 Å². The molecule has 1 aromatic heterocycles. The topological polar surface area (TPSA) is 17.4 Å². The number of methoxy groups -OCH3 is 1. The number of aromatic nitrogens is 1. The fraction of sp³-hybridized carbons (Fsp3) is 0.364. The average Bonchev–Trinajstić information content (AvgIpc) is 2.93. The second kappa shape index (κ2) is 6.76. The predicted molar refractivity (Wildman–Crippen MR) is 103 cm³/mol. The molecule has 0 N–H and O–H groups in total. The lowest BCUT2D eigenvalue weighted by atomic mass is 10.00.